The Labute approximate surface area is 88.6 Å². The molecule has 0 saturated carbocycles. The summed E-state index contributed by atoms with van der Waals surface area (Å²) in [4.78, 5) is 4.06. The third-order valence-electron chi connectivity index (χ3n) is 1.35. The van der Waals surface area contributed by atoms with E-state index in [1.807, 2.05) is 6.26 Å². The van der Waals surface area contributed by atoms with Crippen molar-refractivity contribution in [1.29, 1.82) is 0 Å². The van der Waals surface area contributed by atoms with E-state index in [0.717, 1.165) is 0 Å². The summed E-state index contributed by atoms with van der Waals surface area (Å²) in [5.74, 6) is -0.298. The molecule has 0 aromatic heterocycles. The van der Waals surface area contributed by atoms with E-state index in [1.165, 1.54) is 23.9 Å². The zero-order valence-corrected chi connectivity index (χ0v) is 9.32. The number of thioether (sulfide) groups is 1. The van der Waals surface area contributed by atoms with Crippen molar-refractivity contribution in [2.45, 2.75) is 0 Å². The number of nitrogens with zero attached hydrogens (tertiary/aromatic N) is 1. The predicted molar refractivity (Wildman–Crippen MR) is 58.9 cm³/mol. The van der Waals surface area contributed by atoms with E-state index in [1.54, 1.807) is 6.07 Å². The van der Waals surface area contributed by atoms with Crippen LogP contribution >= 0.6 is 27.7 Å². The quantitative estimate of drug-likeness (QED) is 0.625. The molecule has 0 radical (unpaired) electrons. The van der Waals surface area contributed by atoms with E-state index in [0.29, 0.717) is 15.3 Å². The van der Waals surface area contributed by atoms with E-state index >= 15 is 0 Å². The number of aliphatic imine (C=N–C) groups is 1. The number of amidine groups is 1. The van der Waals surface area contributed by atoms with Crippen LogP contribution in [0.3, 0.4) is 0 Å². The van der Waals surface area contributed by atoms with Gasteiger partial charge in [0.15, 0.2) is 5.17 Å². The van der Waals surface area contributed by atoms with Crippen molar-refractivity contribution >= 4 is 38.5 Å². The van der Waals surface area contributed by atoms with Crippen molar-refractivity contribution < 1.29 is 4.39 Å². The molecule has 0 aliphatic rings. The molecule has 0 aliphatic carbocycles. The van der Waals surface area contributed by atoms with Crippen molar-refractivity contribution in [2.75, 3.05) is 6.26 Å². The summed E-state index contributed by atoms with van der Waals surface area (Å²) in [6, 6.07) is 4.27. The molecule has 0 heterocycles. The monoisotopic (exact) mass is 262 g/mol. The maximum Gasteiger partial charge on any atom is 0.158 e. The Morgan fingerprint density at radius 1 is 1.62 bits per heavy atom. The van der Waals surface area contributed by atoms with Crippen LogP contribution in [0.2, 0.25) is 0 Å². The van der Waals surface area contributed by atoms with Gasteiger partial charge in [-0.05, 0) is 40.4 Å². The van der Waals surface area contributed by atoms with Crippen molar-refractivity contribution in [3.8, 4) is 0 Å². The lowest BCUT2D eigenvalue weighted by atomic mass is 10.3. The second-order valence-electron chi connectivity index (χ2n) is 2.25. The average molecular weight is 263 g/mol. The first-order valence-corrected chi connectivity index (χ1v) is 5.48. The number of hydrogen-bond donors (Lipinski definition) is 1. The molecule has 2 nitrogen and oxygen atoms in total. The van der Waals surface area contributed by atoms with Gasteiger partial charge in [-0.15, -0.1) is 0 Å². The van der Waals surface area contributed by atoms with Gasteiger partial charge >= 0.3 is 0 Å². The van der Waals surface area contributed by atoms with E-state index in [9.17, 15) is 4.39 Å². The summed E-state index contributed by atoms with van der Waals surface area (Å²) in [6.45, 7) is 0. The smallest absolute Gasteiger partial charge is 0.158 e. The summed E-state index contributed by atoms with van der Waals surface area (Å²) < 4.78 is 13.3. The van der Waals surface area contributed by atoms with Crippen LogP contribution in [0, 0.1) is 5.82 Å². The molecule has 13 heavy (non-hydrogen) atoms. The molecule has 2 N–H and O–H groups in total. The summed E-state index contributed by atoms with van der Waals surface area (Å²) in [6.07, 6.45) is 1.83. The third kappa shape index (κ3) is 3.00. The highest BCUT2D eigenvalue weighted by Gasteiger charge is 2.00. The predicted octanol–water partition coefficient (Wildman–Crippen LogP) is 2.90. The molecule has 0 amide bonds. The fourth-order valence-corrected chi connectivity index (χ4v) is 1.37. The maximum atomic E-state index is 12.7. The maximum absolute atomic E-state index is 12.7. The number of hydrogen-bond acceptors (Lipinski definition) is 2. The summed E-state index contributed by atoms with van der Waals surface area (Å²) >= 11 is 4.54. The Morgan fingerprint density at radius 3 is 2.85 bits per heavy atom. The van der Waals surface area contributed by atoms with Gasteiger partial charge in [0.2, 0.25) is 0 Å². The van der Waals surface area contributed by atoms with Gasteiger partial charge in [-0.3, -0.25) is 0 Å². The van der Waals surface area contributed by atoms with Crippen LogP contribution in [0.1, 0.15) is 0 Å². The van der Waals surface area contributed by atoms with E-state index in [4.69, 9.17) is 5.73 Å². The summed E-state index contributed by atoms with van der Waals surface area (Å²) in [7, 11) is 0. The van der Waals surface area contributed by atoms with Crippen molar-refractivity contribution in [3.05, 3.63) is 28.5 Å². The second-order valence-corrected chi connectivity index (χ2v) is 3.93. The summed E-state index contributed by atoms with van der Waals surface area (Å²) in [5, 5.41) is 0.451. The fourth-order valence-electron chi connectivity index (χ4n) is 0.736. The van der Waals surface area contributed by atoms with E-state index < -0.39 is 0 Å². The first kappa shape index (κ1) is 10.5. The largest absolute Gasteiger partial charge is 0.378 e. The lowest BCUT2D eigenvalue weighted by Crippen LogP contribution is -2.04. The van der Waals surface area contributed by atoms with Crippen LogP contribution in [-0.4, -0.2) is 11.4 Å². The van der Waals surface area contributed by atoms with Crippen LogP contribution in [0.4, 0.5) is 10.1 Å². The van der Waals surface area contributed by atoms with Crippen LogP contribution in [-0.2, 0) is 0 Å². The Hall–Kier alpha value is -0.550. The normalized spacial score (nSPS) is 11.8. The zero-order valence-electron chi connectivity index (χ0n) is 6.92. The molecule has 70 valence electrons. The standard InChI is InChI=1S/C8H8BrFN2S/c1-13-8(11)12-7-3-2-5(10)4-6(7)9/h2-4H,1H3,(H2,11,12). The van der Waals surface area contributed by atoms with Crippen LogP contribution in [0.5, 0.6) is 0 Å². The van der Waals surface area contributed by atoms with Crippen LogP contribution < -0.4 is 5.73 Å². The first-order valence-electron chi connectivity index (χ1n) is 3.46. The van der Waals surface area contributed by atoms with Gasteiger partial charge in [0, 0.05) is 4.47 Å². The molecule has 5 heteroatoms. The molecule has 0 saturated heterocycles. The van der Waals surface area contributed by atoms with Crippen molar-refractivity contribution in [1.82, 2.24) is 0 Å². The van der Waals surface area contributed by atoms with Gasteiger partial charge < -0.3 is 5.73 Å². The Kier molecular flexibility index (Phi) is 3.74. The van der Waals surface area contributed by atoms with Gasteiger partial charge in [-0.1, -0.05) is 11.8 Å². The second kappa shape index (κ2) is 4.62. The Balaban J connectivity index is 3.03. The molecular weight excluding hydrogens is 255 g/mol. The lowest BCUT2D eigenvalue weighted by molar-refractivity contribution is 0.627. The molecular formula is C8H8BrFN2S. The number of rotatable bonds is 1. The van der Waals surface area contributed by atoms with Gasteiger partial charge in [-0.2, -0.15) is 0 Å². The van der Waals surface area contributed by atoms with E-state index in [2.05, 4.69) is 20.9 Å². The van der Waals surface area contributed by atoms with E-state index in [-0.39, 0.29) is 5.82 Å². The highest BCUT2D eigenvalue weighted by atomic mass is 79.9. The minimum absolute atomic E-state index is 0.298. The Bertz CT molecular complexity index is 341. The zero-order chi connectivity index (χ0) is 9.84. The third-order valence-corrected chi connectivity index (χ3v) is 2.49. The number of nitrogens with two attached hydrogens (primary N) is 1. The number of halogens is 2. The lowest BCUT2D eigenvalue weighted by Gasteiger charge is -1.99. The van der Waals surface area contributed by atoms with Gasteiger partial charge in [0.25, 0.3) is 0 Å². The van der Waals surface area contributed by atoms with Gasteiger partial charge in [0.1, 0.15) is 5.82 Å². The fraction of sp³-hybridized carbons (Fsp3) is 0.125. The summed E-state index contributed by atoms with van der Waals surface area (Å²) in [5.41, 5.74) is 6.14. The average Bonchev–Trinajstić information content (AvgIpc) is 2.09. The van der Waals surface area contributed by atoms with Crippen LogP contribution in [0.25, 0.3) is 0 Å². The molecule has 0 bridgehead atoms. The minimum atomic E-state index is -0.298. The highest BCUT2D eigenvalue weighted by Crippen LogP contribution is 2.26. The molecule has 0 spiro atoms. The topological polar surface area (TPSA) is 38.4 Å². The highest BCUT2D eigenvalue weighted by molar-refractivity contribution is 9.10. The van der Waals surface area contributed by atoms with Crippen molar-refractivity contribution in [2.24, 2.45) is 10.7 Å². The molecule has 1 aromatic carbocycles. The molecule has 1 aromatic rings. The number of benzene rings is 1. The first-order chi connectivity index (χ1) is 6.13. The van der Waals surface area contributed by atoms with Gasteiger partial charge in [0.05, 0.1) is 5.69 Å². The Morgan fingerprint density at radius 2 is 2.31 bits per heavy atom. The SMILES string of the molecule is CSC(N)=Nc1ccc(F)cc1Br. The molecule has 0 atom stereocenters. The van der Waals surface area contributed by atoms with Gasteiger partial charge in [-0.25, -0.2) is 9.38 Å². The molecule has 0 aliphatic heterocycles. The molecule has 1 rings (SSSR count). The molecule has 0 unspecified atom stereocenters. The minimum Gasteiger partial charge on any atom is -0.378 e. The van der Waals surface area contributed by atoms with Crippen LogP contribution in [0.15, 0.2) is 27.7 Å². The molecule has 0 fully saturated rings. The van der Waals surface area contributed by atoms with Crippen molar-refractivity contribution in [3.63, 3.8) is 0 Å².